The van der Waals surface area contributed by atoms with E-state index in [4.69, 9.17) is 23.8 Å². The number of rotatable bonds is 4. The first kappa shape index (κ1) is 32.0. The molecule has 0 spiro atoms. The predicted molar refractivity (Wildman–Crippen MR) is 240 cm³/mol. The zero-order valence-corrected chi connectivity index (χ0v) is 31.4. The Hall–Kier alpha value is -8.09. The van der Waals surface area contributed by atoms with Crippen LogP contribution >= 0.6 is 0 Å². The van der Waals surface area contributed by atoms with E-state index in [0.29, 0.717) is 23.1 Å². The molecule has 0 aliphatic rings. The van der Waals surface area contributed by atoms with E-state index >= 15 is 0 Å². The van der Waals surface area contributed by atoms with E-state index in [1.165, 1.54) is 10.8 Å². The summed E-state index contributed by atoms with van der Waals surface area (Å²) in [5.41, 5.74) is 8.72. The first-order valence-electron chi connectivity index (χ1n) is 19.8. The Balaban J connectivity index is 1.20. The van der Waals surface area contributed by atoms with Crippen molar-refractivity contribution in [1.29, 1.82) is 0 Å². The number of hydrogen-bond donors (Lipinski definition) is 0. The molecule has 0 unspecified atom stereocenters. The molecule has 4 aromatic heterocycles. The minimum atomic E-state index is 0.508. The van der Waals surface area contributed by atoms with Crippen LogP contribution in [0.4, 0.5) is 0 Å². The molecule has 0 aliphatic carbocycles. The molecule has 4 heterocycles. The second-order valence-corrected chi connectivity index (χ2v) is 15.1. The zero-order chi connectivity index (χ0) is 38.6. The van der Waals surface area contributed by atoms with Gasteiger partial charge in [0, 0.05) is 43.4 Å². The molecule has 0 saturated carbocycles. The number of benzene rings is 9. The van der Waals surface area contributed by atoms with Gasteiger partial charge in [-0.3, -0.25) is 0 Å². The van der Waals surface area contributed by atoms with E-state index in [0.717, 1.165) is 93.2 Å². The molecule has 0 saturated heterocycles. The highest BCUT2D eigenvalue weighted by molar-refractivity contribution is 6.16. The lowest BCUT2D eigenvalue weighted by molar-refractivity contribution is 0.668. The minimum Gasteiger partial charge on any atom is -0.456 e. The lowest BCUT2D eigenvalue weighted by Crippen LogP contribution is -2.04. The van der Waals surface area contributed by atoms with Crippen LogP contribution in [0.3, 0.4) is 0 Å². The fraction of sp³-hybridized carbons (Fsp3) is 0. The van der Waals surface area contributed by atoms with Gasteiger partial charge in [-0.05, 0) is 70.1 Å². The van der Waals surface area contributed by atoms with Crippen molar-refractivity contribution < 1.29 is 8.83 Å². The summed E-state index contributed by atoms with van der Waals surface area (Å²) in [5, 5.41) is 10.8. The Morgan fingerprint density at radius 3 is 1.80 bits per heavy atom. The quantitative estimate of drug-likeness (QED) is 0.179. The van der Waals surface area contributed by atoms with Gasteiger partial charge in [0.15, 0.2) is 17.5 Å². The molecule has 0 aliphatic heterocycles. The maximum atomic E-state index is 6.92. The van der Waals surface area contributed by atoms with Gasteiger partial charge in [-0.1, -0.05) is 133 Å². The van der Waals surface area contributed by atoms with Gasteiger partial charge >= 0.3 is 0 Å². The van der Waals surface area contributed by atoms with Gasteiger partial charge in [-0.2, -0.15) is 0 Å². The molecule has 9 aromatic carbocycles. The van der Waals surface area contributed by atoms with Gasteiger partial charge in [0.1, 0.15) is 22.3 Å². The minimum absolute atomic E-state index is 0.508. The van der Waals surface area contributed by atoms with Gasteiger partial charge in [-0.25, -0.2) is 15.0 Å². The van der Waals surface area contributed by atoms with E-state index in [9.17, 15) is 0 Å². The lowest BCUT2D eigenvalue weighted by Gasteiger charge is -2.16. The summed E-state index contributed by atoms with van der Waals surface area (Å²) < 4.78 is 15.7. The van der Waals surface area contributed by atoms with Crippen molar-refractivity contribution in [3.05, 3.63) is 182 Å². The SMILES string of the molecule is c1ccc2cc3c(cc2c1)c1ccccc1n3-c1ccc2c(oc3ccccc32)c1-c1nc(-c2cccc3ccccc23)nc(-c2cccc3oc4ccccc4c23)n1. The van der Waals surface area contributed by atoms with Gasteiger partial charge in [0.25, 0.3) is 0 Å². The van der Waals surface area contributed by atoms with Crippen molar-refractivity contribution in [1.82, 2.24) is 19.5 Å². The third-order valence-electron chi connectivity index (χ3n) is 11.8. The van der Waals surface area contributed by atoms with Crippen LogP contribution in [-0.2, 0) is 0 Å². The van der Waals surface area contributed by atoms with Crippen molar-refractivity contribution in [3.63, 3.8) is 0 Å². The number of para-hydroxylation sites is 3. The standard InChI is InChI=1S/C53H30N4O2/c1-2-15-33-30-44-41(29-32(33)14-1)35-18-5-8-23-42(35)57(44)43-28-27-37-36-19-6-9-24-45(36)59-50(37)49(43)53-55-51(38-21-11-16-31-13-3-4-17-34(31)38)54-52(56-53)40-22-12-26-47-48(40)39-20-7-10-25-46(39)58-47/h1-30H. The molecular weight excluding hydrogens is 725 g/mol. The number of aromatic nitrogens is 4. The van der Waals surface area contributed by atoms with Crippen LogP contribution < -0.4 is 0 Å². The third kappa shape index (κ3) is 4.71. The first-order chi connectivity index (χ1) is 29.2. The van der Waals surface area contributed by atoms with Crippen LogP contribution in [0.1, 0.15) is 0 Å². The van der Waals surface area contributed by atoms with Crippen LogP contribution in [0, 0.1) is 0 Å². The molecule has 0 amide bonds. The van der Waals surface area contributed by atoms with E-state index in [1.807, 2.05) is 42.5 Å². The number of nitrogens with zero attached hydrogens (tertiary/aromatic N) is 4. The molecule has 13 aromatic rings. The molecule has 274 valence electrons. The Morgan fingerprint density at radius 2 is 0.949 bits per heavy atom. The summed E-state index contributed by atoms with van der Waals surface area (Å²) in [6, 6.07) is 63.2. The molecule has 0 fully saturated rings. The van der Waals surface area contributed by atoms with E-state index in [-0.39, 0.29) is 0 Å². The fourth-order valence-electron chi connectivity index (χ4n) is 9.21. The lowest BCUT2D eigenvalue weighted by atomic mass is 10.0. The van der Waals surface area contributed by atoms with E-state index < -0.39 is 0 Å². The second kappa shape index (κ2) is 12.2. The summed E-state index contributed by atoms with van der Waals surface area (Å²) in [5.74, 6) is 1.62. The summed E-state index contributed by atoms with van der Waals surface area (Å²) in [6.45, 7) is 0. The average Bonchev–Trinajstić information content (AvgIpc) is 3.97. The highest BCUT2D eigenvalue weighted by Gasteiger charge is 2.26. The van der Waals surface area contributed by atoms with Crippen LogP contribution in [0.25, 0.3) is 127 Å². The van der Waals surface area contributed by atoms with Crippen molar-refractivity contribution in [2.45, 2.75) is 0 Å². The van der Waals surface area contributed by atoms with Crippen LogP contribution in [-0.4, -0.2) is 19.5 Å². The van der Waals surface area contributed by atoms with Crippen molar-refractivity contribution >= 4 is 87.2 Å². The van der Waals surface area contributed by atoms with E-state index in [2.05, 4.69) is 144 Å². The molecule has 13 rings (SSSR count). The number of hydrogen-bond acceptors (Lipinski definition) is 5. The summed E-state index contributed by atoms with van der Waals surface area (Å²) in [6.07, 6.45) is 0. The Kier molecular flexibility index (Phi) is 6.63. The molecule has 0 atom stereocenters. The second-order valence-electron chi connectivity index (χ2n) is 15.1. The summed E-state index contributed by atoms with van der Waals surface area (Å²) in [4.78, 5) is 16.3. The molecule has 6 heteroatoms. The smallest absolute Gasteiger partial charge is 0.170 e. The maximum Gasteiger partial charge on any atom is 0.170 e. The summed E-state index contributed by atoms with van der Waals surface area (Å²) >= 11 is 0. The molecule has 0 N–H and O–H groups in total. The normalized spacial score (nSPS) is 12.1. The highest BCUT2D eigenvalue weighted by atomic mass is 16.3. The monoisotopic (exact) mass is 754 g/mol. The van der Waals surface area contributed by atoms with Crippen LogP contribution in [0.5, 0.6) is 0 Å². The van der Waals surface area contributed by atoms with E-state index in [1.54, 1.807) is 0 Å². The van der Waals surface area contributed by atoms with Gasteiger partial charge < -0.3 is 13.4 Å². The van der Waals surface area contributed by atoms with Crippen molar-refractivity contribution in [2.75, 3.05) is 0 Å². The molecule has 0 bridgehead atoms. The van der Waals surface area contributed by atoms with Crippen LogP contribution in [0.2, 0.25) is 0 Å². The zero-order valence-electron chi connectivity index (χ0n) is 31.4. The number of fused-ring (bicyclic) bond motifs is 11. The Morgan fingerprint density at radius 1 is 0.356 bits per heavy atom. The molecule has 59 heavy (non-hydrogen) atoms. The predicted octanol–water partition coefficient (Wildman–Crippen LogP) is 14.1. The van der Waals surface area contributed by atoms with Gasteiger partial charge in [0.05, 0.1) is 22.3 Å². The maximum absolute atomic E-state index is 6.92. The van der Waals surface area contributed by atoms with Gasteiger partial charge in [0.2, 0.25) is 0 Å². The molecule has 6 nitrogen and oxygen atoms in total. The van der Waals surface area contributed by atoms with Gasteiger partial charge in [-0.15, -0.1) is 0 Å². The Bertz CT molecular complexity index is 3870. The Labute approximate surface area is 336 Å². The first-order valence-corrected chi connectivity index (χ1v) is 19.8. The van der Waals surface area contributed by atoms with Crippen LogP contribution in [0.15, 0.2) is 191 Å². The van der Waals surface area contributed by atoms with Crippen molar-refractivity contribution in [3.8, 4) is 39.9 Å². The molecule has 0 radical (unpaired) electrons. The van der Waals surface area contributed by atoms with Crippen molar-refractivity contribution in [2.24, 2.45) is 0 Å². The highest BCUT2D eigenvalue weighted by Crippen LogP contribution is 2.44. The topological polar surface area (TPSA) is 69.9 Å². The number of furan rings is 2. The fourth-order valence-corrected chi connectivity index (χ4v) is 9.21. The average molecular weight is 755 g/mol. The third-order valence-corrected chi connectivity index (χ3v) is 11.8. The molecular formula is C53H30N4O2. The largest absolute Gasteiger partial charge is 0.456 e. The summed E-state index contributed by atoms with van der Waals surface area (Å²) in [7, 11) is 0.